The Morgan fingerprint density at radius 1 is 1.09 bits per heavy atom. The molecule has 3 rings (SSSR count). The molecule has 1 N–H and O–H groups in total. The summed E-state index contributed by atoms with van der Waals surface area (Å²) in [5.41, 5.74) is 4.00. The summed E-state index contributed by atoms with van der Waals surface area (Å²) in [5.74, 6) is 0.787. The van der Waals surface area contributed by atoms with Gasteiger partial charge in [0.15, 0.2) is 11.5 Å². The minimum absolute atomic E-state index is 0.0540. The van der Waals surface area contributed by atoms with Crippen LogP contribution in [0.4, 0.5) is 4.39 Å². The molecule has 0 aliphatic rings. The normalized spacial score (nSPS) is 10.8. The van der Waals surface area contributed by atoms with Gasteiger partial charge in [-0.2, -0.15) is 5.10 Å². The van der Waals surface area contributed by atoms with Crippen LogP contribution in [0.1, 0.15) is 21.5 Å². The fourth-order valence-electron chi connectivity index (χ4n) is 2.72. The molecule has 0 aromatic heterocycles. The summed E-state index contributed by atoms with van der Waals surface area (Å²) in [5, 5.41) is 4.02. The molecule has 3 aromatic rings. The molecule has 9 heteroatoms. The standard InChI is InChI=1S/C23H19BrFIN2O4/c1-30-20-9-14(7-8-19(20)26)23(29)28-27-12-16-10-21(31-2)22(11-17(16)24)32-13-15-5-3-4-6-18(15)25/h3-12H,13H2,1-2H3,(H,28,29)/b27-12-. The Bertz CT molecular complexity index is 1160. The number of methoxy groups -OCH3 is 2. The van der Waals surface area contributed by atoms with E-state index in [0.717, 1.165) is 3.57 Å². The van der Waals surface area contributed by atoms with Gasteiger partial charge in [-0.25, -0.2) is 9.82 Å². The Morgan fingerprint density at radius 3 is 2.56 bits per heavy atom. The zero-order valence-corrected chi connectivity index (χ0v) is 20.9. The molecule has 0 atom stereocenters. The number of hydrazone groups is 1. The molecule has 0 radical (unpaired) electrons. The van der Waals surface area contributed by atoms with Crippen LogP contribution in [0.5, 0.6) is 17.2 Å². The van der Waals surface area contributed by atoms with Crippen molar-refractivity contribution in [2.45, 2.75) is 6.61 Å². The molecule has 0 saturated heterocycles. The highest BCUT2D eigenvalue weighted by atomic mass is 127. The Hall–Kier alpha value is -2.66. The van der Waals surface area contributed by atoms with Gasteiger partial charge in [0.1, 0.15) is 18.2 Å². The molecule has 0 aliphatic carbocycles. The number of hydrogen-bond donors (Lipinski definition) is 1. The molecule has 0 fully saturated rings. The van der Waals surface area contributed by atoms with Crippen molar-refractivity contribution in [3.05, 3.63) is 85.1 Å². The highest BCUT2D eigenvalue weighted by Crippen LogP contribution is 2.33. The van der Waals surface area contributed by atoms with Crippen molar-refractivity contribution in [3.8, 4) is 17.2 Å². The van der Waals surface area contributed by atoms with Gasteiger partial charge in [-0.1, -0.05) is 18.2 Å². The average Bonchev–Trinajstić information content (AvgIpc) is 2.79. The zero-order valence-electron chi connectivity index (χ0n) is 17.2. The van der Waals surface area contributed by atoms with Crippen molar-refractivity contribution in [2.24, 2.45) is 5.10 Å². The van der Waals surface area contributed by atoms with E-state index < -0.39 is 0 Å². The predicted octanol–water partition coefficient (Wildman–Crippen LogP) is 5.55. The van der Waals surface area contributed by atoms with Crippen molar-refractivity contribution in [3.63, 3.8) is 0 Å². The first-order valence-corrected chi connectivity index (χ1v) is 11.2. The third-order valence-corrected chi connectivity index (χ3v) is 5.98. The summed E-state index contributed by atoms with van der Waals surface area (Å²) in [6.07, 6.45) is 1.48. The summed E-state index contributed by atoms with van der Waals surface area (Å²) in [6, 6.07) is 14.9. The van der Waals surface area contributed by atoms with Crippen LogP contribution < -0.4 is 19.6 Å². The molecule has 1 amide bonds. The maximum atomic E-state index is 13.8. The average molecular weight is 613 g/mol. The lowest BCUT2D eigenvalue weighted by Gasteiger charge is -2.13. The number of benzene rings is 3. The van der Waals surface area contributed by atoms with Gasteiger partial charge in [-0.05, 0) is 74.9 Å². The monoisotopic (exact) mass is 612 g/mol. The first kappa shape index (κ1) is 24.0. The third kappa shape index (κ3) is 5.98. The van der Waals surface area contributed by atoms with Gasteiger partial charge in [-0.3, -0.25) is 4.79 Å². The van der Waals surface area contributed by atoms with Gasteiger partial charge in [-0.15, -0.1) is 0 Å². The smallest absolute Gasteiger partial charge is 0.271 e. The maximum Gasteiger partial charge on any atom is 0.271 e. The lowest BCUT2D eigenvalue weighted by Crippen LogP contribution is -2.17. The van der Waals surface area contributed by atoms with Crippen LogP contribution in [0, 0.1) is 9.39 Å². The molecule has 0 bridgehead atoms. The van der Waals surface area contributed by atoms with Gasteiger partial charge in [0.05, 0.1) is 24.0 Å². The number of carbonyl (C=O) groups excluding carboxylic acids is 1. The van der Waals surface area contributed by atoms with Gasteiger partial charge in [0.25, 0.3) is 5.91 Å². The minimum Gasteiger partial charge on any atom is -0.496 e. The molecule has 0 saturated carbocycles. The summed E-state index contributed by atoms with van der Waals surface area (Å²) in [6.45, 7) is 0.0540. The molecule has 166 valence electrons. The predicted molar refractivity (Wildman–Crippen MR) is 132 cm³/mol. The molecule has 0 unspecified atom stereocenters. The largest absolute Gasteiger partial charge is 0.496 e. The van der Waals surface area contributed by atoms with Crippen LogP contribution in [-0.2, 0) is 6.61 Å². The zero-order chi connectivity index (χ0) is 23.1. The molecule has 6 nitrogen and oxygen atoms in total. The second kappa shape index (κ2) is 11.3. The number of nitrogens with zero attached hydrogens (tertiary/aromatic N) is 1. The van der Waals surface area contributed by atoms with E-state index in [1.807, 2.05) is 0 Å². The van der Waals surface area contributed by atoms with Crippen molar-refractivity contribution < 1.29 is 23.4 Å². The number of halogens is 3. The van der Waals surface area contributed by atoms with E-state index in [1.54, 1.807) is 55.6 Å². The van der Waals surface area contributed by atoms with Gasteiger partial charge < -0.3 is 14.2 Å². The number of rotatable bonds is 8. The molecular formula is C23H19BrFIN2O4. The molecular weight excluding hydrogens is 594 g/mol. The van der Waals surface area contributed by atoms with Crippen molar-refractivity contribution in [1.82, 2.24) is 5.43 Å². The lowest BCUT2D eigenvalue weighted by molar-refractivity contribution is 0.0954. The van der Waals surface area contributed by atoms with Crippen molar-refractivity contribution >= 4 is 50.6 Å². The van der Waals surface area contributed by atoms with Crippen LogP contribution >= 0.6 is 38.5 Å². The number of carbonyl (C=O) groups is 1. The first-order valence-electron chi connectivity index (χ1n) is 9.33. The van der Waals surface area contributed by atoms with E-state index in [0.29, 0.717) is 38.4 Å². The molecule has 0 heterocycles. The highest BCUT2D eigenvalue weighted by molar-refractivity contribution is 14.1. The number of nitrogens with one attached hydrogen (secondary N) is 1. The van der Waals surface area contributed by atoms with E-state index in [2.05, 4.69) is 49.0 Å². The summed E-state index contributed by atoms with van der Waals surface area (Å²) < 4.78 is 31.8. The Morgan fingerprint density at radius 2 is 1.84 bits per heavy atom. The topological polar surface area (TPSA) is 69.2 Å². The van der Waals surface area contributed by atoms with Gasteiger partial charge in [0.2, 0.25) is 0 Å². The summed E-state index contributed by atoms with van der Waals surface area (Å²) in [7, 11) is 3.05. The van der Waals surface area contributed by atoms with E-state index in [4.69, 9.17) is 14.2 Å². The number of ether oxygens (including phenoxy) is 3. The number of hydrogen-bond acceptors (Lipinski definition) is 5. The highest BCUT2D eigenvalue weighted by Gasteiger charge is 2.12. The van der Waals surface area contributed by atoms with E-state index in [-0.39, 0.29) is 18.3 Å². The minimum atomic E-state index is -0.371. The van der Waals surface area contributed by atoms with E-state index in [1.165, 1.54) is 19.4 Å². The van der Waals surface area contributed by atoms with Gasteiger partial charge in [0, 0.05) is 21.2 Å². The van der Waals surface area contributed by atoms with Crippen LogP contribution in [0.3, 0.4) is 0 Å². The Kier molecular flexibility index (Phi) is 8.46. The fourth-order valence-corrected chi connectivity index (χ4v) is 3.70. The first-order chi connectivity index (χ1) is 15.4. The fraction of sp³-hybridized carbons (Fsp3) is 0.130. The second-order valence-electron chi connectivity index (χ2n) is 6.45. The van der Waals surface area contributed by atoms with Crippen LogP contribution in [0.25, 0.3) is 0 Å². The Balaban J connectivity index is 1.70. The summed E-state index contributed by atoms with van der Waals surface area (Å²) >= 11 is 5.59. The van der Waals surface area contributed by atoms with Crippen molar-refractivity contribution in [1.29, 1.82) is 0 Å². The molecule has 32 heavy (non-hydrogen) atoms. The van der Waals surface area contributed by atoms with Gasteiger partial charge >= 0.3 is 0 Å². The van der Waals surface area contributed by atoms with E-state index in [9.17, 15) is 9.18 Å². The number of amides is 1. The molecule has 0 spiro atoms. The third-order valence-electron chi connectivity index (χ3n) is 4.41. The van der Waals surface area contributed by atoms with Crippen molar-refractivity contribution in [2.75, 3.05) is 14.2 Å². The van der Waals surface area contributed by atoms with Crippen LogP contribution in [-0.4, -0.2) is 26.3 Å². The van der Waals surface area contributed by atoms with Crippen LogP contribution in [0.2, 0.25) is 0 Å². The molecule has 3 aromatic carbocycles. The second-order valence-corrected chi connectivity index (χ2v) is 8.47. The SMILES string of the molecule is COc1cc(C(=O)N/N=C\c2cc(OC)c(OCc3ccccc3F)cc2Br)ccc1I. The Labute approximate surface area is 207 Å². The van der Waals surface area contributed by atoms with Crippen LogP contribution in [0.15, 0.2) is 64.2 Å². The summed E-state index contributed by atoms with van der Waals surface area (Å²) in [4.78, 5) is 12.4. The van der Waals surface area contributed by atoms with E-state index >= 15 is 0 Å². The molecule has 0 aliphatic heterocycles. The quantitative estimate of drug-likeness (QED) is 0.206. The lowest BCUT2D eigenvalue weighted by atomic mass is 10.2. The maximum absolute atomic E-state index is 13.8.